The molecule has 1 aliphatic carbocycles. The summed E-state index contributed by atoms with van der Waals surface area (Å²) in [6.07, 6.45) is 3.68. The number of aliphatic hydroxyl groups excluding tert-OH is 1. The quantitative estimate of drug-likeness (QED) is 0.876. The van der Waals surface area contributed by atoms with Gasteiger partial charge in [0.25, 0.3) is 0 Å². The van der Waals surface area contributed by atoms with Crippen LogP contribution in [0.15, 0.2) is 18.2 Å². The Morgan fingerprint density at radius 2 is 2.05 bits per heavy atom. The topological polar surface area (TPSA) is 58.6 Å². The van der Waals surface area contributed by atoms with Crippen LogP contribution < -0.4 is 10.1 Å². The Balaban J connectivity index is 1.72. The van der Waals surface area contributed by atoms with E-state index in [9.17, 15) is 9.90 Å². The zero-order valence-corrected chi connectivity index (χ0v) is 12.9. The van der Waals surface area contributed by atoms with Gasteiger partial charge in [0.2, 0.25) is 5.91 Å². The van der Waals surface area contributed by atoms with Crippen molar-refractivity contribution in [3.05, 3.63) is 29.3 Å². The van der Waals surface area contributed by atoms with E-state index >= 15 is 0 Å². The molecule has 0 spiro atoms. The summed E-state index contributed by atoms with van der Waals surface area (Å²) in [5.41, 5.74) is 2.41. The molecule has 2 rings (SSSR count). The molecule has 2 atom stereocenters. The minimum absolute atomic E-state index is 0.0511. The fourth-order valence-corrected chi connectivity index (χ4v) is 2.62. The number of hydrogen-bond donors (Lipinski definition) is 2. The molecule has 1 aliphatic rings. The van der Waals surface area contributed by atoms with Crippen LogP contribution >= 0.6 is 0 Å². The highest BCUT2D eigenvalue weighted by Gasteiger charge is 2.24. The Kier molecular flexibility index (Phi) is 5.62. The van der Waals surface area contributed by atoms with E-state index in [1.165, 1.54) is 11.1 Å². The van der Waals surface area contributed by atoms with Crippen LogP contribution in [-0.2, 0) is 4.79 Å². The van der Waals surface area contributed by atoms with E-state index < -0.39 is 6.10 Å². The molecular formula is C17H25NO3. The SMILES string of the molecule is Cc1ccc(OCCC(=O)N[C@@H]2CCCC[C@H]2O)cc1C. The second kappa shape index (κ2) is 7.46. The highest BCUT2D eigenvalue weighted by Crippen LogP contribution is 2.19. The number of carbonyl (C=O) groups is 1. The van der Waals surface area contributed by atoms with Crippen molar-refractivity contribution in [1.29, 1.82) is 0 Å². The monoisotopic (exact) mass is 291 g/mol. The first-order valence-corrected chi connectivity index (χ1v) is 7.74. The number of amides is 1. The van der Waals surface area contributed by atoms with Crippen LogP contribution in [0.4, 0.5) is 0 Å². The van der Waals surface area contributed by atoms with E-state index in [0.29, 0.717) is 13.0 Å². The number of carbonyl (C=O) groups excluding carboxylic acids is 1. The molecule has 2 N–H and O–H groups in total. The highest BCUT2D eigenvalue weighted by atomic mass is 16.5. The molecule has 0 saturated heterocycles. The lowest BCUT2D eigenvalue weighted by Crippen LogP contribution is -2.45. The molecule has 116 valence electrons. The number of ether oxygens (including phenoxy) is 1. The highest BCUT2D eigenvalue weighted by molar-refractivity contribution is 5.76. The maximum Gasteiger partial charge on any atom is 0.223 e. The van der Waals surface area contributed by atoms with Crippen molar-refractivity contribution in [3.8, 4) is 5.75 Å². The van der Waals surface area contributed by atoms with Crippen molar-refractivity contribution in [2.75, 3.05) is 6.61 Å². The average Bonchev–Trinajstić information content (AvgIpc) is 2.45. The molecule has 1 aromatic rings. The van der Waals surface area contributed by atoms with E-state index in [2.05, 4.69) is 12.2 Å². The Hall–Kier alpha value is -1.55. The maximum absolute atomic E-state index is 11.9. The van der Waals surface area contributed by atoms with Gasteiger partial charge in [0.15, 0.2) is 0 Å². The number of benzene rings is 1. The van der Waals surface area contributed by atoms with Crippen molar-refractivity contribution in [2.45, 2.75) is 58.1 Å². The van der Waals surface area contributed by atoms with Gasteiger partial charge in [-0.1, -0.05) is 18.9 Å². The van der Waals surface area contributed by atoms with Gasteiger partial charge in [-0.25, -0.2) is 0 Å². The standard InChI is InChI=1S/C17H25NO3/c1-12-7-8-14(11-13(12)2)21-10-9-17(20)18-15-5-3-4-6-16(15)19/h7-8,11,15-16,19H,3-6,9-10H2,1-2H3,(H,18,20)/t15-,16-/m1/s1. The number of aryl methyl sites for hydroxylation is 2. The van der Waals surface area contributed by atoms with Crippen LogP contribution in [-0.4, -0.2) is 29.8 Å². The van der Waals surface area contributed by atoms with Crippen molar-refractivity contribution >= 4 is 5.91 Å². The van der Waals surface area contributed by atoms with Gasteiger partial charge in [-0.05, 0) is 49.9 Å². The van der Waals surface area contributed by atoms with Gasteiger partial charge < -0.3 is 15.2 Å². The fraction of sp³-hybridized carbons (Fsp3) is 0.588. The lowest BCUT2D eigenvalue weighted by Gasteiger charge is -2.28. The molecule has 1 aromatic carbocycles. The Labute approximate surface area is 126 Å². The van der Waals surface area contributed by atoms with Gasteiger partial charge >= 0.3 is 0 Å². The first kappa shape index (κ1) is 15.8. The van der Waals surface area contributed by atoms with E-state index in [0.717, 1.165) is 31.4 Å². The molecule has 21 heavy (non-hydrogen) atoms. The normalized spacial score (nSPS) is 21.9. The van der Waals surface area contributed by atoms with Gasteiger partial charge in [0.05, 0.1) is 25.2 Å². The summed E-state index contributed by atoms with van der Waals surface area (Å²) in [5, 5.41) is 12.7. The molecule has 0 aliphatic heterocycles. The van der Waals surface area contributed by atoms with Gasteiger partial charge in [-0.15, -0.1) is 0 Å². The Bertz CT molecular complexity index is 487. The number of aliphatic hydroxyl groups is 1. The number of rotatable bonds is 5. The smallest absolute Gasteiger partial charge is 0.223 e. The van der Waals surface area contributed by atoms with Crippen molar-refractivity contribution in [3.63, 3.8) is 0 Å². The number of hydrogen-bond acceptors (Lipinski definition) is 3. The molecule has 0 unspecified atom stereocenters. The van der Waals surface area contributed by atoms with Gasteiger partial charge in [-0.2, -0.15) is 0 Å². The van der Waals surface area contributed by atoms with Gasteiger partial charge in [-0.3, -0.25) is 4.79 Å². The first-order valence-electron chi connectivity index (χ1n) is 7.74. The lowest BCUT2D eigenvalue weighted by atomic mass is 9.92. The van der Waals surface area contributed by atoms with Crippen LogP contribution in [0.5, 0.6) is 5.75 Å². The minimum Gasteiger partial charge on any atom is -0.493 e. The molecule has 1 saturated carbocycles. The summed E-state index contributed by atoms with van der Waals surface area (Å²) in [5.74, 6) is 0.744. The predicted octanol–water partition coefficient (Wildman–Crippen LogP) is 2.49. The van der Waals surface area contributed by atoms with Crippen LogP contribution in [0.25, 0.3) is 0 Å². The number of nitrogens with one attached hydrogen (secondary N) is 1. The van der Waals surface area contributed by atoms with E-state index in [-0.39, 0.29) is 11.9 Å². The summed E-state index contributed by atoms with van der Waals surface area (Å²) >= 11 is 0. The molecule has 1 amide bonds. The maximum atomic E-state index is 11.9. The third-order valence-electron chi connectivity index (χ3n) is 4.15. The molecule has 0 heterocycles. The largest absolute Gasteiger partial charge is 0.493 e. The van der Waals surface area contributed by atoms with Crippen LogP contribution in [0.3, 0.4) is 0 Å². The van der Waals surface area contributed by atoms with E-state index in [1.807, 2.05) is 25.1 Å². The predicted molar refractivity (Wildman–Crippen MR) is 82.4 cm³/mol. The average molecular weight is 291 g/mol. The fourth-order valence-electron chi connectivity index (χ4n) is 2.62. The van der Waals surface area contributed by atoms with E-state index in [4.69, 9.17) is 4.74 Å². The third kappa shape index (κ3) is 4.74. The zero-order chi connectivity index (χ0) is 15.2. The van der Waals surface area contributed by atoms with Crippen LogP contribution in [0.1, 0.15) is 43.2 Å². The second-order valence-corrected chi connectivity index (χ2v) is 5.87. The van der Waals surface area contributed by atoms with Crippen LogP contribution in [0.2, 0.25) is 0 Å². The second-order valence-electron chi connectivity index (χ2n) is 5.87. The molecule has 4 nitrogen and oxygen atoms in total. The summed E-state index contributed by atoms with van der Waals surface area (Å²) in [6, 6.07) is 5.83. The van der Waals surface area contributed by atoms with Crippen molar-refractivity contribution in [1.82, 2.24) is 5.32 Å². The molecule has 0 aromatic heterocycles. The summed E-state index contributed by atoms with van der Waals surface area (Å²) in [7, 11) is 0. The van der Waals surface area contributed by atoms with Gasteiger partial charge in [0, 0.05) is 0 Å². The first-order chi connectivity index (χ1) is 10.1. The molecular weight excluding hydrogens is 266 g/mol. The summed E-state index contributed by atoms with van der Waals surface area (Å²) < 4.78 is 5.61. The third-order valence-corrected chi connectivity index (χ3v) is 4.15. The summed E-state index contributed by atoms with van der Waals surface area (Å²) in [6.45, 7) is 4.46. The minimum atomic E-state index is -0.400. The molecule has 0 radical (unpaired) electrons. The molecule has 4 heteroatoms. The summed E-state index contributed by atoms with van der Waals surface area (Å²) in [4.78, 5) is 11.9. The van der Waals surface area contributed by atoms with Crippen molar-refractivity contribution in [2.24, 2.45) is 0 Å². The molecule has 0 bridgehead atoms. The Morgan fingerprint density at radius 1 is 1.29 bits per heavy atom. The molecule has 1 fully saturated rings. The van der Waals surface area contributed by atoms with Crippen molar-refractivity contribution < 1.29 is 14.6 Å². The van der Waals surface area contributed by atoms with Gasteiger partial charge in [0.1, 0.15) is 5.75 Å². The lowest BCUT2D eigenvalue weighted by molar-refractivity contribution is -0.123. The Morgan fingerprint density at radius 3 is 2.76 bits per heavy atom. The zero-order valence-electron chi connectivity index (χ0n) is 12.9. The van der Waals surface area contributed by atoms with Crippen LogP contribution in [0, 0.1) is 13.8 Å². The van der Waals surface area contributed by atoms with E-state index in [1.54, 1.807) is 0 Å².